The molecule has 1 atom stereocenters. The standard InChI is InChI=1S/C14H20N2O2S/c1-10-12(15)5-2-6-13(10)19-9-14(17)16-8-11-4-3-7-18-11/h2,5-6,11H,3-4,7-9,15H2,1H3,(H,16,17). The summed E-state index contributed by atoms with van der Waals surface area (Å²) in [5.74, 6) is 0.458. The summed E-state index contributed by atoms with van der Waals surface area (Å²) in [6, 6.07) is 5.77. The van der Waals surface area contributed by atoms with Gasteiger partial charge in [0.15, 0.2) is 0 Å². The second-order valence-electron chi connectivity index (χ2n) is 4.70. The Morgan fingerprint density at radius 2 is 2.42 bits per heavy atom. The SMILES string of the molecule is Cc1c(N)cccc1SCC(=O)NCC1CCCO1. The first-order valence-corrected chi connectivity index (χ1v) is 7.51. The fourth-order valence-electron chi connectivity index (χ4n) is 2.02. The quantitative estimate of drug-likeness (QED) is 0.639. The van der Waals surface area contributed by atoms with Gasteiger partial charge in [-0.2, -0.15) is 0 Å². The van der Waals surface area contributed by atoms with Crippen LogP contribution in [-0.2, 0) is 9.53 Å². The summed E-state index contributed by atoms with van der Waals surface area (Å²) < 4.78 is 5.46. The van der Waals surface area contributed by atoms with E-state index in [1.807, 2.05) is 25.1 Å². The monoisotopic (exact) mass is 280 g/mol. The van der Waals surface area contributed by atoms with Crippen LogP contribution in [0.2, 0.25) is 0 Å². The summed E-state index contributed by atoms with van der Waals surface area (Å²) in [5.41, 5.74) is 7.65. The molecule has 19 heavy (non-hydrogen) atoms. The molecule has 0 saturated carbocycles. The van der Waals surface area contributed by atoms with Gasteiger partial charge in [0.2, 0.25) is 5.91 Å². The minimum atomic E-state index is 0.0438. The van der Waals surface area contributed by atoms with E-state index in [0.29, 0.717) is 12.3 Å². The topological polar surface area (TPSA) is 64.4 Å². The molecule has 3 N–H and O–H groups in total. The molecule has 1 aliphatic rings. The lowest BCUT2D eigenvalue weighted by Crippen LogP contribution is -2.32. The zero-order valence-electron chi connectivity index (χ0n) is 11.1. The molecule has 0 radical (unpaired) electrons. The fourth-order valence-corrected chi connectivity index (χ4v) is 2.91. The lowest BCUT2D eigenvalue weighted by Gasteiger charge is -2.11. The van der Waals surface area contributed by atoms with Gasteiger partial charge in [-0.3, -0.25) is 4.79 Å². The molecule has 1 aromatic carbocycles. The predicted molar refractivity (Wildman–Crippen MR) is 78.3 cm³/mol. The molecular formula is C14H20N2O2S. The maximum absolute atomic E-state index is 11.8. The van der Waals surface area contributed by atoms with Gasteiger partial charge in [-0.25, -0.2) is 0 Å². The summed E-state index contributed by atoms with van der Waals surface area (Å²) in [6.07, 6.45) is 2.34. The molecule has 1 unspecified atom stereocenters. The number of anilines is 1. The lowest BCUT2D eigenvalue weighted by molar-refractivity contribution is -0.119. The number of nitrogens with one attached hydrogen (secondary N) is 1. The van der Waals surface area contributed by atoms with Crippen LogP contribution in [-0.4, -0.2) is 30.9 Å². The average Bonchev–Trinajstić information content (AvgIpc) is 2.91. The third-order valence-corrected chi connectivity index (χ3v) is 4.40. The first-order chi connectivity index (χ1) is 9.16. The molecule has 5 heteroatoms. The first-order valence-electron chi connectivity index (χ1n) is 6.53. The zero-order chi connectivity index (χ0) is 13.7. The predicted octanol–water partition coefficient (Wildman–Crippen LogP) is 1.96. The van der Waals surface area contributed by atoms with Gasteiger partial charge in [-0.15, -0.1) is 11.8 Å². The fraction of sp³-hybridized carbons (Fsp3) is 0.500. The van der Waals surface area contributed by atoms with E-state index in [2.05, 4.69) is 5.32 Å². The van der Waals surface area contributed by atoms with Crippen LogP contribution in [0.25, 0.3) is 0 Å². The molecule has 0 aliphatic carbocycles. The van der Waals surface area contributed by atoms with Crippen LogP contribution in [0.5, 0.6) is 0 Å². The molecule has 0 bridgehead atoms. The maximum Gasteiger partial charge on any atom is 0.230 e. The molecule has 1 heterocycles. The Kier molecular flexibility index (Phi) is 5.10. The van der Waals surface area contributed by atoms with Crippen LogP contribution in [0.3, 0.4) is 0 Å². The Balaban J connectivity index is 1.75. The minimum absolute atomic E-state index is 0.0438. The Morgan fingerprint density at radius 3 is 3.16 bits per heavy atom. The van der Waals surface area contributed by atoms with Gasteiger partial charge in [0.1, 0.15) is 0 Å². The summed E-state index contributed by atoms with van der Waals surface area (Å²) in [6.45, 7) is 3.41. The van der Waals surface area contributed by atoms with Crippen LogP contribution in [0.4, 0.5) is 5.69 Å². The highest BCUT2D eigenvalue weighted by Crippen LogP contribution is 2.25. The van der Waals surface area contributed by atoms with E-state index in [1.165, 1.54) is 11.8 Å². The van der Waals surface area contributed by atoms with E-state index in [0.717, 1.165) is 35.6 Å². The number of ether oxygens (including phenoxy) is 1. The maximum atomic E-state index is 11.8. The van der Waals surface area contributed by atoms with Crippen molar-refractivity contribution in [3.63, 3.8) is 0 Å². The highest BCUT2D eigenvalue weighted by molar-refractivity contribution is 8.00. The molecule has 4 nitrogen and oxygen atoms in total. The highest BCUT2D eigenvalue weighted by Gasteiger charge is 2.16. The van der Waals surface area contributed by atoms with Crippen LogP contribution >= 0.6 is 11.8 Å². The molecule has 104 valence electrons. The van der Waals surface area contributed by atoms with Crippen LogP contribution in [0.15, 0.2) is 23.1 Å². The van der Waals surface area contributed by atoms with Crippen molar-refractivity contribution in [3.05, 3.63) is 23.8 Å². The molecule has 2 rings (SSSR count). The van der Waals surface area contributed by atoms with Crippen LogP contribution in [0, 0.1) is 6.92 Å². The number of hydrogen-bond acceptors (Lipinski definition) is 4. The smallest absolute Gasteiger partial charge is 0.230 e. The Morgan fingerprint density at radius 1 is 1.58 bits per heavy atom. The molecule has 1 saturated heterocycles. The second kappa shape index (κ2) is 6.82. The van der Waals surface area contributed by atoms with E-state index in [1.54, 1.807) is 0 Å². The number of carbonyl (C=O) groups excluding carboxylic acids is 1. The second-order valence-corrected chi connectivity index (χ2v) is 5.72. The van der Waals surface area contributed by atoms with Crippen molar-refractivity contribution in [3.8, 4) is 0 Å². The first kappa shape index (κ1) is 14.2. The number of hydrogen-bond donors (Lipinski definition) is 2. The third-order valence-electron chi connectivity index (χ3n) is 3.24. The van der Waals surface area contributed by atoms with Gasteiger partial charge in [0.05, 0.1) is 11.9 Å². The van der Waals surface area contributed by atoms with E-state index in [4.69, 9.17) is 10.5 Å². The number of rotatable bonds is 5. The largest absolute Gasteiger partial charge is 0.398 e. The molecule has 1 aromatic rings. The van der Waals surface area contributed by atoms with Gasteiger partial charge >= 0.3 is 0 Å². The summed E-state index contributed by atoms with van der Waals surface area (Å²) in [7, 11) is 0. The molecule has 1 amide bonds. The van der Waals surface area contributed by atoms with E-state index in [9.17, 15) is 4.79 Å². The number of nitrogen functional groups attached to an aromatic ring is 1. The summed E-state index contributed by atoms with van der Waals surface area (Å²) >= 11 is 1.52. The molecule has 0 spiro atoms. The number of benzene rings is 1. The van der Waals surface area contributed by atoms with Crippen molar-refractivity contribution in [1.82, 2.24) is 5.32 Å². The van der Waals surface area contributed by atoms with Crippen LogP contribution < -0.4 is 11.1 Å². The molecular weight excluding hydrogens is 260 g/mol. The van der Waals surface area contributed by atoms with Crippen molar-refractivity contribution in [2.24, 2.45) is 0 Å². The number of thioether (sulfide) groups is 1. The molecule has 1 aliphatic heterocycles. The van der Waals surface area contributed by atoms with Gasteiger partial charge in [0, 0.05) is 23.7 Å². The van der Waals surface area contributed by atoms with E-state index < -0.39 is 0 Å². The number of carbonyl (C=O) groups is 1. The summed E-state index contributed by atoms with van der Waals surface area (Å²) in [5, 5.41) is 2.91. The molecule has 1 fully saturated rings. The minimum Gasteiger partial charge on any atom is -0.398 e. The van der Waals surface area contributed by atoms with Crippen molar-refractivity contribution < 1.29 is 9.53 Å². The number of nitrogens with two attached hydrogens (primary N) is 1. The third kappa shape index (κ3) is 4.14. The van der Waals surface area contributed by atoms with Crippen molar-refractivity contribution >= 4 is 23.4 Å². The Bertz CT molecular complexity index is 445. The zero-order valence-corrected chi connectivity index (χ0v) is 12.0. The van der Waals surface area contributed by atoms with Gasteiger partial charge in [-0.05, 0) is 37.5 Å². The Hall–Kier alpha value is -1.20. The van der Waals surface area contributed by atoms with E-state index in [-0.39, 0.29) is 12.0 Å². The highest BCUT2D eigenvalue weighted by atomic mass is 32.2. The van der Waals surface area contributed by atoms with Gasteiger partial charge in [0.25, 0.3) is 0 Å². The van der Waals surface area contributed by atoms with Crippen LogP contribution in [0.1, 0.15) is 18.4 Å². The van der Waals surface area contributed by atoms with Gasteiger partial charge in [-0.1, -0.05) is 6.07 Å². The number of amides is 1. The van der Waals surface area contributed by atoms with E-state index >= 15 is 0 Å². The van der Waals surface area contributed by atoms with Crippen molar-refractivity contribution in [2.75, 3.05) is 24.6 Å². The Labute approximate surface area is 118 Å². The van der Waals surface area contributed by atoms with Gasteiger partial charge < -0.3 is 15.8 Å². The van der Waals surface area contributed by atoms with Crippen molar-refractivity contribution in [1.29, 1.82) is 0 Å². The lowest BCUT2D eigenvalue weighted by atomic mass is 10.2. The average molecular weight is 280 g/mol. The molecule has 0 aromatic heterocycles. The normalized spacial score (nSPS) is 18.5. The summed E-state index contributed by atoms with van der Waals surface area (Å²) in [4.78, 5) is 12.8. The van der Waals surface area contributed by atoms with Crippen molar-refractivity contribution in [2.45, 2.75) is 30.8 Å².